The molecule has 4 rings (SSSR count). The van der Waals surface area contributed by atoms with Crippen molar-refractivity contribution >= 4 is 23.2 Å². The van der Waals surface area contributed by atoms with Crippen LogP contribution in [-0.2, 0) is 9.59 Å². The summed E-state index contributed by atoms with van der Waals surface area (Å²) in [6, 6.07) is 19.7. The third-order valence-corrected chi connectivity index (χ3v) is 5.57. The van der Waals surface area contributed by atoms with E-state index >= 15 is 0 Å². The molecule has 1 aromatic heterocycles. The molecule has 3 aromatic rings. The van der Waals surface area contributed by atoms with E-state index in [0.29, 0.717) is 6.54 Å². The van der Waals surface area contributed by atoms with Gasteiger partial charge in [-0.3, -0.25) is 9.59 Å². The lowest BCUT2D eigenvalue weighted by atomic mass is 10.1. The zero-order valence-corrected chi connectivity index (χ0v) is 17.0. The summed E-state index contributed by atoms with van der Waals surface area (Å²) in [4.78, 5) is 26.9. The molecule has 1 aliphatic rings. The molecule has 0 radical (unpaired) electrons. The number of amides is 2. The number of aryl methyl sites for hydroxylation is 3. The van der Waals surface area contributed by atoms with E-state index in [-0.39, 0.29) is 24.2 Å². The first-order chi connectivity index (χ1) is 13.9. The van der Waals surface area contributed by atoms with Crippen molar-refractivity contribution in [3.63, 3.8) is 0 Å². The van der Waals surface area contributed by atoms with Gasteiger partial charge in [0.25, 0.3) is 0 Å². The molecule has 0 spiro atoms. The van der Waals surface area contributed by atoms with E-state index in [2.05, 4.69) is 35.9 Å². The van der Waals surface area contributed by atoms with Gasteiger partial charge in [-0.15, -0.1) is 0 Å². The molecule has 0 bridgehead atoms. The number of para-hydroxylation sites is 1. The number of rotatable bonds is 4. The summed E-state index contributed by atoms with van der Waals surface area (Å²) in [7, 11) is 0. The Balaban J connectivity index is 1.45. The van der Waals surface area contributed by atoms with Gasteiger partial charge in [-0.1, -0.05) is 18.2 Å². The van der Waals surface area contributed by atoms with Crippen molar-refractivity contribution in [1.29, 1.82) is 0 Å². The summed E-state index contributed by atoms with van der Waals surface area (Å²) in [5.41, 5.74) is 6.05. The van der Waals surface area contributed by atoms with Gasteiger partial charge >= 0.3 is 0 Å². The van der Waals surface area contributed by atoms with Crippen molar-refractivity contribution in [1.82, 2.24) is 4.57 Å². The zero-order valence-electron chi connectivity index (χ0n) is 17.0. The highest BCUT2D eigenvalue weighted by molar-refractivity contribution is 6.03. The fraction of sp³-hybridized carbons (Fsp3) is 0.250. The fourth-order valence-corrected chi connectivity index (χ4v) is 4.00. The quantitative estimate of drug-likeness (QED) is 0.722. The molecule has 5 heteroatoms. The molecule has 2 aromatic carbocycles. The highest BCUT2D eigenvalue weighted by Gasteiger charge is 2.35. The molecule has 2 heterocycles. The molecule has 0 aliphatic carbocycles. The van der Waals surface area contributed by atoms with E-state index in [1.807, 2.05) is 55.5 Å². The number of carbonyl (C=O) groups excluding carboxylic acids is 2. The molecule has 2 amide bonds. The SMILES string of the molecule is Cc1ccccc1N1C[C@H](C(=O)Nc2ccc(-n3c(C)ccc3C)cc2)CC1=O. The summed E-state index contributed by atoms with van der Waals surface area (Å²) in [6.45, 7) is 6.53. The number of nitrogens with one attached hydrogen (secondary N) is 1. The van der Waals surface area contributed by atoms with Crippen molar-refractivity contribution < 1.29 is 9.59 Å². The number of nitrogens with zero attached hydrogens (tertiary/aromatic N) is 2. The summed E-state index contributed by atoms with van der Waals surface area (Å²) < 4.78 is 2.17. The van der Waals surface area contributed by atoms with Crippen LogP contribution in [-0.4, -0.2) is 22.9 Å². The lowest BCUT2D eigenvalue weighted by Crippen LogP contribution is -2.28. The van der Waals surface area contributed by atoms with Crippen LogP contribution < -0.4 is 10.2 Å². The third kappa shape index (κ3) is 3.68. The number of hydrogen-bond acceptors (Lipinski definition) is 2. The van der Waals surface area contributed by atoms with Crippen LogP contribution in [0.4, 0.5) is 11.4 Å². The number of carbonyl (C=O) groups is 2. The van der Waals surface area contributed by atoms with Gasteiger partial charge in [0.15, 0.2) is 0 Å². The van der Waals surface area contributed by atoms with Gasteiger partial charge in [0.1, 0.15) is 0 Å². The molecule has 29 heavy (non-hydrogen) atoms. The van der Waals surface area contributed by atoms with Gasteiger partial charge in [-0.25, -0.2) is 0 Å². The van der Waals surface area contributed by atoms with Crippen LogP contribution in [0.15, 0.2) is 60.7 Å². The molecule has 1 fully saturated rings. The fourth-order valence-electron chi connectivity index (χ4n) is 4.00. The number of anilines is 2. The number of hydrogen-bond donors (Lipinski definition) is 1. The molecule has 0 unspecified atom stereocenters. The highest BCUT2D eigenvalue weighted by Crippen LogP contribution is 2.28. The predicted molar refractivity (Wildman–Crippen MR) is 116 cm³/mol. The maximum absolute atomic E-state index is 12.7. The normalized spacial score (nSPS) is 16.3. The standard InChI is InChI=1S/C24H25N3O2/c1-16-6-4-5-7-22(16)26-15-19(14-23(26)28)24(29)25-20-10-12-21(13-11-20)27-17(2)8-9-18(27)3/h4-13,19H,14-15H2,1-3H3,(H,25,29)/t19-/m1/s1. The summed E-state index contributed by atoms with van der Waals surface area (Å²) >= 11 is 0. The van der Waals surface area contributed by atoms with Crippen LogP contribution in [0.5, 0.6) is 0 Å². The zero-order chi connectivity index (χ0) is 20.5. The Hall–Kier alpha value is -3.34. The van der Waals surface area contributed by atoms with E-state index in [4.69, 9.17) is 0 Å². The van der Waals surface area contributed by atoms with Crippen LogP contribution in [0, 0.1) is 26.7 Å². The van der Waals surface area contributed by atoms with Crippen LogP contribution >= 0.6 is 0 Å². The Morgan fingerprint density at radius 3 is 2.24 bits per heavy atom. The molecule has 5 nitrogen and oxygen atoms in total. The van der Waals surface area contributed by atoms with E-state index in [0.717, 1.165) is 22.6 Å². The van der Waals surface area contributed by atoms with Crippen LogP contribution in [0.25, 0.3) is 5.69 Å². The average Bonchev–Trinajstić information content (AvgIpc) is 3.25. The van der Waals surface area contributed by atoms with Crippen molar-refractivity contribution in [3.05, 3.63) is 77.6 Å². The Kier molecular flexibility index (Phi) is 4.97. The van der Waals surface area contributed by atoms with Crippen LogP contribution in [0.3, 0.4) is 0 Å². The largest absolute Gasteiger partial charge is 0.326 e. The highest BCUT2D eigenvalue weighted by atomic mass is 16.2. The third-order valence-electron chi connectivity index (χ3n) is 5.57. The minimum Gasteiger partial charge on any atom is -0.326 e. The molecular formula is C24H25N3O2. The first-order valence-corrected chi connectivity index (χ1v) is 9.86. The van der Waals surface area contributed by atoms with Crippen LogP contribution in [0.2, 0.25) is 0 Å². The molecule has 1 aliphatic heterocycles. The predicted octanol–water partition coefficient (Wildman–Crippen LogP) is 4.39. The molecule has 1 atom stereocenters. The summed E-state index contributed by atoms with van der Waals surface area (Å²) in [5.74, 6) is -0.473. The Labute approximate surface area is 171 Å². The first kappa shape index (κ1) is 19.0. The minimum absolute atomic E-state index is 0.00615. The van der Waals surface area contributed by atoms with Crippen molar-refractivity contribution in [2.24, 2.45) is 5.92 Å². The molecule has 1 N–H and O–H groups in total. The second-order valence-electron chi connectivity index (χ2n) is 7.68. The Bertz CT molecular complexity index is 1050. The van der Waals surface area contributed by atoms with Gasteiger partial charge in [-0.2, -0.15) is 0 Å². The molecule has 0 saturated carbocycles. The summed E-state index contributed by atoms with van der Waals surface area (Å²) in [6.07, 6.45) is 0.236. The summed E-state index contributed by atoms with van der Waals surface area (Å²) in [5, 5.41) is 2.97. The van der Waals surface area contributed by atoms with Gasteiger partial charge in [0.05, 0.1) is 5.92 Å². The topological polar surface area (TPSA) is 54.3 Å². The average molecular weight is 387 g/mol. The smallest absolute Gasteiger partial charge is 0.229 e. The lowest BCUT2D eigenvalue weighted by Gasteiger charge is -2.19. The number of benzene rings is 2. The lowest BCUT2D eigenvalue weighted by molar-refractivity contribution is -0.122. The molecule has 148 valence electrons. The van der Waals surface area contributed by atoms with E-state index in [1.54, 1.807) is 4.90 Å². The Morgan fingerprint density at radius 2 is 1.59 bits per heavy atom. The van der Waals surface area contributed by atoms with Gasteiger partial charge in [0.2, 0.25) is 11.8 Å². The van der Waals surface area contributed by atoms with E-state index in [9.17, 15) is 9.59 Å². The maximum Gasteiger partial charge on any atom is 0.229 e. The van der Waals surface area contributed by atoms with Crippen molar-refractivity contribution in [2.45, 2.75) is 27.2 Å². The number of aromatic nitrogens is 1. The maximum atomic E-state index is 12.7. The van der Waals surface area contributed by atoms with Gasteiger partial charge in [-0.05, 0) is 68.8 Å². The Morgan fingerprint density at radius 1 is 0.931 bits per heavy atom. The molecule has 1 saturated heterocycles. The second kappa shape index (κ2) is 7.59. The molecular weight excluding hydrogens is 362 g/mol. The second-order valence-corrected chi connectivity index (χ2v) is 7.68. The first-order valence-electron chi connectivity index (χ1n) is 9.86. The van der Waals surface area contributed by atoms with E-state index in [1.165, 1.54) is 11.4 Å². The minimum atomic E-state index is -0.351. The van der Waals surface area contributed by atoms with Gasteiger partial charge < -0.3 is 14.8 Å². The van der Waals surface area contributed by atoms with Crippen molar-refractivity contribution in [3.8, 4) is 5.69 Å². The van der Waals surface area contributed by atoms with Crippen molar-refractivity contribution in [2.75, 3.05) is 16.8 Å². The monoisotopic (exact) mass is 387 g/mol. The van der Waals surface area contributed by atoms with Gasteiger partial charge in [0, 0.05) is 41.4 Å². The van der Waals surface area contributed by atoms with E-state index < -0.39 is 0 Å². The van der Waals surface area contributed by atoms with Crippen LogP contribution in [0.1, 0.15) is 23.4 Å².